The van der Waals surface area contributed by atoms with Crippen LogP contribution in [-0.4, -0.2) is 34.5 Å². The van der Waals surface area contributed by atoms with Crippen molar-refractivity contribution in [2.24, 2.45) is 0 Å². The van der Waals surface area contributed by atoms with Crippen molar-refractivity contribution in [2.45, 2.75) is 26.7 Å². The van der Waals surface area contributed by atoms with E-state index < -0.39 is 0 Å². The molecule has 4 rings (SSSR count). The van der Waals surface area contributed by atoms with E-state index in [1.54, 1.807) is 0 Å². The minimum atomic E-state index is 0.773. The average molecular weight is 411 g/mol. The quantitative estimate of drug-likeness (QED) is 0.540. The lowest BCUT2D eigenvalue weighted by Crippen LogP contribution is -2.28. The Labute approximate surface area is 185 Å². The minimum absolute atomic E-state index is 0.773. The third-order valence-electron chi connectivity index (χ3n) is 5.76. The van der Waals surface area contributed by atoms with E-state index in [-0.39, 0.29) is 0 Å². The molecule has 1 aliphatic heterocycles. The molecule has 1 aromatic carbocycles. The SMILES string of the molecule is C=C(Cc1ccc(-c2ccnc(C)c2)cc1)Nc1ccc(C2=CCN(CC)CC2)nc1. The monoisotopic (exact) mass is 410 g/mol. The van der Waals surface area contributed by atoms with Crippen LogP contribution < -0.4 is 5.32 Å². The van der Waals surface area contributed by atoms with Crippen molar-refractivity contribution in [1.29, 1.82) is 0 Å². The Hall–Kier alpha value is -3.24. The summed E-state index contributed by atoms with van der Waals surface area (Å²) in [6.45, 7) is 11.7. The fraction of sp³-hybridized carbons (Fsp3) is 0.259. The molecule has 0 bridgehead atoms. The van der Waals surface area contributed by atoms with Crippen molar-refractivity contribution < 1.29 is 0 Å². The predicted molar refractivity (Wildman–Crippen MR) is 130 cm³/mol. The molecule has 31 heavy (non-hydrogen) atoms. The molecular formula is C27H30N4. The van der Waals surface area contributed by atoms with Gasteiger partial charge in [-0.3, -0.25) is 14.9 Å². The first kappa shape index (κ1) is 21.0. The van der Waals surface area contributed by atoms with Gasteiger partial charge in [0.2, 0.25) is 0 Å². The highest BCUT2D eigenvalue weighted by Crippen LogP contribution is 2.23. The van der Waals surface area contributed by atoms with Gasteiger partial charge < -0.3 is 5.32 Å². The Bertz CT molecular complexity index is 1070. The summed E-state index contributed by atoms with van der Waals surface area (Å²) in [7, 11) is 0. The normalized spacial score (nSPS) is 14.2. The van der Waals surface area contributed by atoms with E-state index in [1.807, 2.05) is 25.4 Å². The molecule has 0 atom stereocenters. The Kier molecular flexibility index (Phi) is 6.58. The van der Waals surface area contributed by atoms with E-state index in [9.17, 15) is 0 Å². The van der Waals surface area contributed by atoms with Crippen LogP contribution in [0.4, 0.5) is 5.69 Å². The number of aromatic nitrogens is 2. The zero-order valence-corrected chi connectivity index (χ0v) is 18.4. The Morgan fingerprint density at radius 1 is 1.06 bits per heavy atom. The number of benzene rings is 1. The molecule has 1 aliphatic rings. The fourth-order valence-electron chi connectivity index (χ4n) is 3.92. The third-order valence-corrected chi connectivity index (χ3v) is 5.76. The molecule has 1 N–H and O–H groups in total. The highest BCUT2D eigenvalue weighted by atomic mass is 15.1. The van der Waals surface area contributed by atoms with E-state index in [1.165, 1.54) is 22.3 Å². The molecule has 0 saturated carbocycles. The van der Waals surface area contributed by atoms with Gasteiger partial charge in [0.25, 0.3) is 0 Å². The number of pyridine rings is 2. The maximum Gasteiger partial charge on any atom is 0.0661 e. The van der Waals surface area contributed by atoms with Crippen LogP contribution in [0.5, 0.6) is 0 Å². The van der Waals surface area contributed by atoms with Gasteiger partial charge in [-0.25, -0.2) is 0 Å². The maximum atomic E-state index is 4.67. The van der Waals surface area contributed by atoms with Crippen LogP contribution in [0.3, 0.4) is 0 Å². The van der Waals surface area contributed by atoms with Gasteiger partial charge in [0, 0.05) is 37.1 Å². The maximum absolute atomic E-state index is 4.67. The number of hydrogen-bond donors (Lipinski definition) is 1. The van der Waals surface area contributed by atoms with Crippen LogP contribution in [0.2, 0.25) is 0 Å². The van der Waals surface area contributed by atoms with Crippen LogP contribution in [0, 0.1) is 6.92 Å². The molecule has 3 aromatic rings. The second-order valence-electron chi connectivity index (χ2n) is 8.09. The largest absolute Gasteiger partial charge is 0.358 e. The lowest BCUT2D eigenvalue weighted by Gasteiger charge is -2.24. The molecule has 4 nitrogen and oxygen atoms in total. The smallest absolute Gasteiger partial charge is 0.0661 e. The van der Waals surface area contributed by atoms with Crippen molar-refractivity contribution in [3.8, 4) is 11.1 Å². The summed E-state index contributed by atoms with van der Waals surface area (Å²) >= 11 is 0. The first-order chi connectivity index (χ1) is 15.1. The summed E-state index contributed by atoms with van der Waals surface area (Å²) in [5, 5.41) is 3.40. The van der Waals surface area contributed by atoms with E-state index in [4.69, 9.17) is 0 Å². The zero-order valence-electron chi connectivity index (χ0n) is 18.4. The third kappa shape index (κ3) is 5.47. The lowest BCUT2D eigenvalue weighted by molar-refractivity contribution is 0.318. The number of rotatable bonds is 7. The molecule has 2 aromatic heterocycles. The summed E-state index contributed by atoms with van der Waals surface area (Å²) in [4.78, 5) is 11.4. The van der Waals surface area contributed by atoms with Gasteiger partial charge in [-0.1, -0.05) is 43.8 Å². The topological polar surface area (TPSA) is 41.1 Å². The van der Waals surface area contributed by atoms with Gasteiger partial charge >= 0.3 is 0 Å². The number of allylic oxidation sites excluding steroid dienone is 1. The van der Waals surface area contributed by atoms with Crippen molar-refractivity contribution in [3.05, 3.63) is 96.2 Å². The van der Waals surface area contributed by atoms with E-state index in [0.717, 1.165) is 55.2 Å². The molecule has 158 valence electrons. The molecular weight excluding hydrogens is 380 g/mol. The number of likely N-dealkylation sites (N-methyl/N-ethyl adjacent to an activating group) is 1. The van der Waals surface area contributed by atoms with Crippen LogP contribution in [0.1, 0.15) is 30.3 Å². The van der Waals surface area contributed by atoms with Gasteiger partial charge in [0.15, 0.2) is 0 Å². The van der Waals surface area contributed by atoms with Crippen LogP contribution in [0.15, 0.2) is 79.3 Å². The van der Waals surface area contributed by atoms with Crippen LogP contribution >= 0.6 is 0 Å². The highest BCUT2D eigenvalue weighted by Gasteiger charge is 2.12. The van der Waals surface area contributed by atoms with E-state index in [0.29, 0.717) is 0 Å². The summed E-state index contributed by atoms with van der Waals surface area (Å²) < 4.78 is 0. The Morgan fingerprint density at radius 3 is 2.55 bits per heavy atom. The number of hydrogen-bond acceptors (Lipinski definition) is 4. The molecule has 0 spiro atoms. The molecule has 0 aliphatic carbocycles. The molecule has 0 saturated heterocycles. The Balaban J connectivity index is 1.34. The van der Waals surface area contributed by atoms with Crippen molar-refractivity contribution >= 4 is 11.3 Å². The second-order valence-corrected chi connectivity index (χ2v) is 8.09. The van der Waals surface area contributed by atoms with Gasteiger partial charge in [-0.2, -0.15) is 0 Å². The van der Waals surface area contributed by atoms with Crippen molar-refractivity contribution in [2.75, 3.05) is 25.0 Å². The number of aryl methyl sites for hydroxylation is 1. The lowest BCUT2D eigenvalue weighted by atomic mass is 10.0. The van der Waals surface area contributed by atoms with Crippen LogP contribution in [-0.2, 0) is 6.42 Å². The standard InChI is InChI=1S/C27H30N4/c1-4-31-15-12-24(13-16-31)27-10-9-26(19-29-27)30-21(3)17-22-5-7-23(8-6-22)25-11-14-28-20(2)18-25/h5-12,14,18-19,30H,3-4,13,15-17H2,1-2H3. The summed E-state index contributed by atoms with van der Waals surface area (Å²) in [6, 6.07) is 17.0. The average Bonchev–Trinajstić information content (AvgIpc) is 2.80. The van der Waals surface area contributed by atoms with Crippen molar-refractivity contribution in [3.63, 3.8) is 0 Å². The van der Waals surface area contributed by atoms with E-state index in [2.05, 4.69) is 82.2 Å². The molecule has 3 heterocycles. The molecule has 4 heteroatoms. The van der Waals surface area contributed by atoms with Gasteiger partial charge in [0.05, 0.1) is 17.6 Å². The predicted octanol–water partition coefficient (Wildman–Crippen LogP) is 5.73. The first-order valence-electron chi connectivity index (χ1n) is 11.0. The number of nitrogens with one attached hydrogen (secondary N) is 1. The number of nitrogens with zero attached hydrogens (tertiary/aromatic N) is 3. The van der Waals surface area contributed by atoms with E-state index >= 15 is 0 Å². The second kappa shape index (κ2) is 9.71. The van der Waals surface area contributed by atoms with Crippen LogP contribution in [0.25, 0.3) is 16.7 Å². The molecule has 0 radical (unpaired) electrons. The molecule has 0 unspecified atom stereocenters. The highest BCUT2D eigenvalue weighted by molar-refractivity contribution is 5.65. The fourth-order valence-corrected chi connectivity index (χ4v) is 3.92. The van der Waals surface area contributed by atoms with Gasteiger partial charge in [-0.15, -0.1) is 0 Å². The molecule has 0 amide bonds. The van der Waals surface area contributed by atoms with Crippen molar-refractivity contribution in [1.82, 2.24) is 14.9 Å². The Morgan fingerprint density at radius 2 is 1.90 bits per heavy atom. The summed E-state index contributed by atoms with van der Waals surface area (Å²) in [6.07, 6.45) is 7.90. The minimum Gasteiger partial charge on any atom is -0.358 e. The summed E-state index contributed by atoms with van der Waals surface area (Å²) in [5.74, 6) is 0. The summed E-state index contributed by atoms with van der Waals surface area (Å²) in [5.41, 5.74) is 9.01. The molecule has 0 fully saturated rings. The zero-order chi connectivity index (χ0) is 21.6. The van der Waals surface area contributed by atoms with Gasteiger partial charge in [0.1, 0.15) is 0 Å². The number of anilines is 1. The first-order valence-corrected chi connectivity index (χ1v) is 11.0. The van der Waals surface area contributed by atoms with Gasteiger partial charge in [-0.05, 0) is 66.4 Å².